The van der Waals surface area contributed by atoms with Gasteiger partial charge in [0.25, 0.3) is 0 Å². The van der Waals surface area contributed by atoms with Crippen molar-refractivity contribution >= 4 is 33.6 Å². The van der Waals surface area contributed by atoms with Crippen LogP contribution in [0.25, 0.3) is 56.3 Å². The standard InChI is InChI=1S/C31H22N4/c1-3-10-21(11-4-1)26-20-27(22-12-5-2-6-13-22)34-31(33-26)35-28-16-8-7-14-24(28)30-23-15-9-19-32-25(23)17-18-29(30)35/h1-18,20,32H,19H2. The number of hydrogen-bond donors (Lipinski definition) is 1. The van der Waals surface area contributed by atoms with Crippen molar-refractivity contribution in [3.63, 3.8) is 0 Å². The van der Waals surface area contributed by atoms with Crippen molar-refractivity contribution in [2.75, 3.05) is 11.9 Å². The molecule has 3 heterocycles. The molecule has 0 radical (unpaired) electrons. The molecular weight excluding hydrogens is 428 g/mol. The largest absolute Gasteiger partial charge is 0.381 e. The molecule has 4 nitrogen and oxygen atoms in total. The number of aromatic nitrogens is 3. The van der Waals surface area contributed by atoms with Crippen LogP contribution in [0.1, 0.15) is 5.56 Å². The minimum atomic E-state index is 0.670. The highest BCUT2D eigenvalue weighted by Gasteiger charge is 2.20. The molecule has 1 aliphatic heterocycles. The van der Waals surface area contributed by atoms with Crippen LogP contribution in [0, 0.1) is 0 Å². The molecule has 1 aliphatic rings. The van der Waals surface area contributed by atoms with Gasteiger partial charge < -0.3 is 5.32 Å². The Balaban J connectivity index is 1.57. The quantitative estimate of drug-likeness (QED) is 0.307. The highest BCUT2D eigenvalue weighted by Crippen LogP contribution is 2.38. The number of fused-ring (bicyclic) bond motifs is 5. The van der Waals surface area contributed by atoms with Gasteiger partial charge in [-0.05, 0) is 24.3 Å². The molecule has 0 fully saturated rings. The van der Waals surface area contributed by atoms with Crippen LogP contribution >= 0.6 is 0 Å². The third-order valence-electron chi connectivity index (χ3n) is 6.63. The lowest BCUT2D eigenvalue weighted by molar-refractivity contribution is 0.995. The van der Waals surface area contributed by atoms with Crippen molar-refractivity contribution < 1.29 is 0 Å². The molecular formula is C31H22N4. The van der Waals surface area contributed by atoms with E-state index in [1.54, 1.807) is 0 Å². The normalized spacial score (nSPS) is 12.6. The molecule has 0 amide bonds. The molecule has 0 aliphatic carbocycles. The van der Waals surface area contributed by atoms with Gasteiger partial charge in [0.05, 0.1) is 22.4 Å². The lowest BCUT2D eigenvalue weighted by Crippen LogP contribution is -2.06. The van der Waals surface area contributed by atoms with E-state index in [0.717, 1.165) is 45.8 Å². The summed E-state index contributed by atoms with van der Waals surface area (Å²) in [5.74, 6) is 0.670. The first-order chi connectivity index (χ1) is 17.4. The second-order valence-electron chi connectivity index (χ2n) is 8.73. The predicted molar refractivity (Wildman–Crippen MR) is 145 cm³/mol. The molecule has 0 saturated carbocycles. The van der Waals surface area contributed by atoms with E-state index in [4.69, 9.17) is 9.97 Å². The smallest absolute Gasteiger partial charge is 0.235 e. The lowest BCUT2D eigenvalue weighted by Gasteiger charge is -2.15. The van der Waals surface area contributed by atoms with E-state index in [0.29, 0.717) is 5.95 Å². The minimum absolute atomic E-state index is 0.670. The van der Waals surface area contributed by atoms with E-state index in [2.05, 4.69) is 88.8 Å². The summed E-state index contributed by atoms with van der Waals surface area (Å²) in [6, 6.07) is 35.6. The molecule has 35 heavy (non-hydrogen) atoms. The zero-order valence-corrected chi connectivity index (χ0v) is 19.0. The molecule has 7 rings (SSSR count). The molecule has 166 valence electrons. The van der Waals surface area contributed by atoms with Crippen molar-refractivity contribution in [2.45, 2.75) is 0 Å². The van der Waals surface area contributed by atoms with Gasteiger partial charge in [-0.25, -0.2) is 9.97 Å². The predicted octanol–water partition coefficient (Wildman–Crippen LogP) is 7.35. The molecule has 4 aromatic carbocycles. The average molecular weight is 451 g/mol. The Bertz CT molecular complexity index is 1670. The maximum Gasteiger partial charge on any atom is 0.235 e. The average Bonchev–Trinajstić information content (AvgIpc) is 3.29. The van der Waals surface area contributed by atoms with E-state index in [1.165, 1.54) is 16.3 Å². The van der Waals surface area contributed by atoms with Crippen LogP contribution in [-0.2, 0) is 0 Å². The second-order valence-corrected chi connectivity index (χ2v) is 8.73. The van der Waals surface area contributed by atoms with Gasteiger partial charge in [-0.1, -0.05) is 91.0 Å². The van der Waals surface area contributed by atoms with Crippen LogP contribution < -0.4 is 5.32 Å². The van der Waals surface area contributed by atoms with Gasteiger partial charge in [-0.2, -0.15) is 0 Å². The summed E-state index contributed by atoms with van der Waals surface area (Å²) in [4.78, 5) is 10.2. The molecule has 2 aromatic heterocycles. The van der Waals surface area contributed by atoms with E-state index in [9.17, 15) is 0 Å². The van der Waals surface area contributed by atoms with Crippen molar-refractivity contribution in [3.8, 4) is 28.5 Å². The van der Waals surface area contributed by atoms with E-state index in [-0.39, 0.29) is 0 Å². The number of anilines is 1. The molecule has 0 saturated heterocycles. The number of nitrogens with zero attached hydrogens (tertiary/aromatic N) is 3. The first-order valence-electron chi connectivity index (χ1n) is 11.8. The maximum absolute atomic E-state index is 5.10. The molecule has 0 spiro atoms. The lowest BCUT2D eigenvalue weighted by atomic mass is 10.0. The number of nitrogens with one attached hydrogen (secondary N) is 1. The van der Waals surface area contributed by atoms with Crippen molar-refractivity contribution in [2.24, 2.45) is 0 Å². The SMILES string of the molecule is C1=Cc2c(ccc3c2c2ccccc2n3-c2nc(-c3ccccc3)cc(-c3ccccc3)n2)NC1. The summed E-state index contributed by atoms with van der Waals surface area (Å²) >= 11 is 0. The Morgan fingerprint density at radius 3 is 2.03 bits per heavy atom. The molecule has 4 heteroatoms. The van der Waals surface area contributed by atoms with Crippen molar-refractivity contribution in [3.05, 3.63) is 115 Å². The van der Waals surface area contributed by atoms with Crippen LogP contribution in [0.15, 0.2) is 109 Å². The van der Waals surface area contributed by atoms with Gasteiger partial charge in [-0.3, -0.25) is 4.57 Å². The van der Waals surface area contributed by atoms with Gasteiger partial charge in [0.1, 0.15) is 0 Å². The fourth-order valence-electron chi connectivity index (χ4n) is 5.02. The number of hydrogen-bond acceptors (Lipinski definition) is 3. The maximum atomic E-state index is 5.10. The Morgan fingerprint density at radius 2 is 1.31 bits per heavy atom. The van der Waals surface area contributed by atoms with Gasteiger partial charge >= 0.3 is 0 Å². The minimum Gasteiger partial charge on any atom is -0.381 e. The fraction of sp³-hybridized carbons (Fsp3) is 0.0323. The van der Waals surface area contributed by atoms with Gasteiger partial charge in [0.2, 0.25) is 5.95 Å². The summed E-state index contributed by atoms with van der Waals surface area (Å²) in [5, 5.41) is 5.92. The third kappa shape index (κ3) is 3.22. The number of rotatable bonds is 3. The van der Waals surface area contributed by atoms with Crippen LogP contribution in [0.2, 0.25) is 0 Å². The summed E-state index contributed by atoms with van der Waals surface area (Å²) in [7, 11) is 0. The van der Waals surface area contributed by atoms with Crippen LogP contribution in [0.3, 0.4) is 0 Å². The summed E-state index contributed by atoms with van der Waals surface area (Å²) in [5.41, 5.74) is 8.51. The van der Waals surface area contributed by atoms with Crippen molar-refractivity contribution in [1.29, 1.82) is 0 Å². The third-order valence-corrected chi connectivity index (χ3v) is 6.63. The summed E-state index contributed by atoms with van der Waals surface area (Å²) < 4.78 is 2.20. The fourth-order valence-corrected chi connectivity index (χ4v) is 5.02. The summed E-state index contributed by atoms with van der Waals surface area (Å²) in [6.07, 6.45) is 4.40. The highest BCUT2D eigenvalue weighted by molar-refractivity contribution is 6.14. The van der Waals surface area contributed by atoms with Gasteiger partial charge in [0, 0.05) is 39.7 Å². The molecule has 6 aromatic rings. The van der Waals surface area contributed by atoms with Crippen LogP contribution in [0.4, 0.5) is 5.69 Å². The van der Waals surface area contributed by atoms with Crippen LogP contribution in [0.5, 0.6) is 0 Å². The first kappa shape index (κ1) is 19.7. The van der Waals surface area contributed by atoms with Gasteiger partial charge in [-0.15, -0.1) is 0 Å². The van der Waals surface area contributed by atoms with E-state index in [1.807, 2.05) is 36.4 Å². The Morgan fingerprint density at radius 1 is 0.657 bits per heavy atom. The summed E-state index contributed by atoms with van der Waals surface area (Å²) in [6.45, 7) is 0.847. The Kier molecular flexibility index (Phi) is 4.49. The monoisotopic (exact) mass is 450 g/mol. The second kappa shape index (κ2) is 7.96. The molecule has 0 bridgehead atoms. The molecule has 0 unspecified atom stereocenters. The number of para-hydroxylation sites is 1. The molecule has 1 N–H and O–H groups in total. The first-order valence-corrected chi connectivity index (χ1v) is 11.8. The highest BCUT2D eigenvalue weighted by atomic mass is 15.2. The van der Waals surface area contributed by atoms with Crippen LogP contribution in [-0.4, -0.2) is 21.1 Å². The topological polar surface area (TPSA) is 42.7 Å². The van der Waals surface area contributed by atoms with Crippen molar-refractivity contribution in [1.82, 2.24) is 14.5 Å². The van der Waals surface area contributed by atoms with E-state index >= 15 is 0 Å². The molecule has 0 atom stereocenters. The number of benzene rings is 4. The zero-order chi connectivity index (χ0) is 23.2. The zero-order valence-electron chi connectivity index (χ0n) is 19.0. The Hall–Kier alpha value is -4.70. The Labute approximate surface area is 203 Å². The van der Waals surface area contributed by atoms with Gasteiger partial charge in [0.15, 0.2) is 0 Å². The van der Waals surface area contributed by atoms with E-state index < -0.39 is 0 Å².